The van der Waals surface area contributed by atoms with E-state index >= 15 is 0 Å². The predicted octanol–water partition coefficient (Wildman–Crippen LogP) is 10.8. The number of carbonyl (C=O) groups excluding carboxylic acids is 3. The van der Waals surface area contributed by atoms with Gasteiger partial charge in [0.05, 0.1) is 67.5 Å². The molecule has 0 radical (unpaired) electrons. The third-order valence-corrected chi connectivity index (χ3v) is 24.1. The van der Waals surface area contributed by atoms with Gasteiger partial charge in [0.1, 0.15) is 103 Å². The number of nitrogens with one attached hydrogen (secondary N) is 3. The molecular formula is C84H89Cl3F4N24O11. The molecule has 6 fully saturated rings. The molecule has 35 nitrogen and oxygen atoms in total. The van der Waals surface area contributed by atoms with Gasteiger partial charge in [-0.05, 0) is 78.3 Å². The van der Waals surface area contributed by atoms with Crippen LogP contribution >= 0.6 is 34.8 Å². The number of carbonyl (C=O) groups is 3. The number of H-pyrrole nitrogens is 3. The van der Waals surface area contributed by atoms with Crippen molar-refractivity contribution in [3.63, 3.8) is 0 Å². The number of hydrogen-bond donors (Lipinski definition) is 3. The number of methoxy groups -OCH3 is 2. The van der Waals surface area contributed by atoms with Crippen LogP contribution in [-0.2, 0) is 23.9 Å². The molecule has 0 aliphatic carbocycles. The molecule has 9 atom stereocenters. The number of benzene rings is 3. The largest absolute Gasteiger partial charge is 0.458 e. The van der Waals surface area contributed by atoms with Gasteiger partial charge in [-0.15, -0.1) is 0 Å². The maximum absolute atomic E-state index is 14.7. The summed E-state index contributed by atoms with van der Waals surface area (Å²) in [6.07, 6.45) is 10.6. The highest BCUT2D eigenvalue weighted by Gasteiger charge is 2.41. The molecule has 0 spiro atoms. The maximum Gasteiger partial charge on any atom is 0.319 e. The van der Waals surface area contributed by atoms with E-state index in [4.69, 9.17) is 97.6 Å². The van der Waals surface area contributed by atoms with Gasteiger partial charge in [-0.3, -0.25) is 39.5 Å². The Bertz CT molecular complexity index is 5910. The van der Waals surface area contributed by atoms with Crippen LogP contribution in [0.15, 0.2) is 112 Å². The summed E-state index contributed by atoms with van der Waals surface area (Å²) in [5.41, 5.74) is 2.25. The number of anilines is 3. The number of aromatic amines is 3. The molecule has 18 rings (SSSR count). The number of likely N-dealkylation sites (tertiary alicyclic amines) is 3. The van der Waals surface area contributed by atoms with Crippen LogP contribution in [0, 0.1) is 23.4 Å². The number of ether oxygens (including phenoxy) is 8. The molecule has 6 saturated heterocycles. The highest BCUT2D eigenvalue weighted by molar-refractivity contribution is 6.34. The minimum Gasteiger partial charge on any atom is -0.458 e. The van der Waals surface area contributed by atoms with Crippen molar-refractivity contribution in [2.45, 2.75) is 69.5 Å². The second-order valence-electron chi connectivity index (χ2n) is 31.4. The summed E-state index contributed by atoms with van der Waals surface area (Å²) in [6, 6.07) is 9.14. The average molecular weight is 1790 g/mol. The lowest BCUT2D eigenvalue weighted by atomic mass is 10.0. The molecule has 42 heteroatoms. The molecule has 6 aliphatic heterocycles. The van der Waals surface area contributed by atoms with E-state index in [2.05, 4.69) is 89.9 Å². The number of piperazine rings is 3. The van der Waals surface area contributed by atoms with Crippen LogP contribution in [0.5, 0.6) is 52.9 Å². The normalized spacial score (nSPS) is 21.0. The van der Waals surface area contributed by atoms with E-state index in [-0.39, 0.29) is 128 Å². The molecule has 15 heterocycles. The quantitative estimate of drug-likeness (QED) is 0.0444. The summed E-state index contributed by atoms with van der Waals surface area (Å²) >= 11 is 19.0. The smallest absolute Gasteiger partial charge is 0.319 e. The lowest BCUT2D eigenvalue weighted by Gasteiger charge is -2.40. The molecule has 12 aromatic rings. The summed E-state index contributed by atoms with van der Waals surface area (Å²) in [6.45, 7) is 25.0. The summed E-state index contributed by atoms with van der Waals surface area (Å²) in [5.74, 6) is -0.635. The zero-order valence-corrected chi connectivity index (χ0v) is 72.1. The van der Waals surface area contributed by atoms with Gasteiger partial charge in [0.15, 0.2) is 17.2 Å². The fraction of sp³-hybridized carbons (Fsp3) is 0.393. The van der Waals surface area contributed by atoms with E-state index < -0.39 is 29.7 Å². The molecule has 0 bridgehead atoms. The number of rotatable bonds is 21. The zero-order valence-electron chi connectivity index (χ0n) is 69.8. The van der Waals surface area contributed by atoms with E-state index in [0.717, 1.165) is 0 Å². The summed E-state index contributed by atoms with van der Waals surface area (Å²) in [5, 5.41) is 22.8. The SMILES string of the molecule is C=CC(=O)N1CCN(c2nc(OC3CN(C)C[C@H]3C(C)F)nc3c(Oc4c(Cl)c(F)cc5[nH]ncc45)nccc23)CC1.C=CC(=O)N1CCN(c2nc(O[C@@H]3CN(C)C[C@H]3OC)nc3c(Oc4c(Cl)c(F)cc5[nH]ncc45)nccc23)C[C@@H]1C.C=CC(=O)N1CCN(c2nc(O[C@@H]3CN(C)C[C@H]3OC)nc3c(Oc4c(Cl)c(F)cc5[nH]ncc45)nccc23)C[C@H]1C. The number of hydrogen-bond acceptors (Lipinski definition) is 29. The van der Waals surface area contributed by atoms with E-state index in [1.807, 2.05) is 44.8 Å². The Balaban J connectivity index is 0.000000139. The van der Waals surface area contributed by atoms with Crippen LogP contribution in [0.2, 0.25) is 15.1 Å². The molecule has 6 aliphatic rings. The third kappa shape index (κ3) is 17.8. The molecule has 660 valence electrons. The number of alkyl halides is 1. The topological polar surface area (TPSA) is 356 Å². The van der Waals surface area contributed by atoms with Gasteiger partial charge in [0.25, 0.3) is 0 Å². The first-order valence-electron chi connectivity index (χ1n) is 40.5. The Labute approximate surface area is 733 Å². The third-order valence-electron chi connectivity index (χ3n) is 23.1. The predicted molar refractivity (Wildman–Crippen MR) is 463 cm³/mol. The Morgan fingerprint density at radius 1 is 0.452 bits per heavy atom. The van der Waals surface area contributed by atoms with Gasteiger partial charge in [0.2, 0.25) is 35.4 Å². The highest BCUT2D eigenvalue weighted by atomic mass is 35.5. The van der Waals surface area contributed by atoms with Crippen molar-refractivity contribution < 1.29 is 69.8 Å². The fourth-order valence-corrected chi connectivity index (χ4v) is 17.2. The number of halogens is 7. The standard InChI is InChI=1S/C28H29ClF2N8O3.2C28H30ClFN8O4/c1-4-22(40)38-7-9-39(10-8-38)26-16-5-6-32-27(42-25-17-12-33-36-20(17)11-19(31)23(25)29)24(16)34-28(35-26)41-21-14-37(3)13-18(21)15(2)30;2*1-5-22(39)38-9-8-37(12-15(38)2)26-16-6-7-31-27(42-25-17-11-32-35-19(17)10-18(30)23(25)29)24(16)33-28(34-26)41-21-14-36(3)13-20(21)40-4/h4-6,11-12,15,18,21H,1,7-10,13-14H2,2-3H3,(H,33,36);2*5-7,10-11,15,20-21H,1,8-9,12-14H2,2-4H3,(H,32,35)/t15?,18-,21?;15-,20+,21+;15-,20-,21-/m001/s1. The first-order valence-corrected chi connectivity index (χ1v) is 41.7. The highest BCUT2D eigenvalue weighted by Crippen LogP contribution is 2.46. The Kier molecular flexibility index (Phi) is 25.7. The van der Waals surface area contributed by atoms with Gasteiger partial charge in [-0.25, -0.2) is 32.5 Å². The van der Waals surface area contributed by atoms with Gasteiger partial charge in [-0.2, -0.15) is 45.2 Å². The van der Waals surface area contributed by atoms with Crippen molar-refractivity contribution in [1.29, 1.82) is 0 Å². The van der Waals surface area contributed by atoms with Gasteiger partial charge < -0.3 is 72.2 Å². The van der Waals surface area contributed by atoms with Gasteiger partial charge >= 0.3 is 18.0 Å². The molecule has 9 aromatic heterocycles. The molecular weight excluding hydrogens is 1700 g/mol. The van der Waals surface area contributed by atoms with Crippen LogP contribution in [0.3, 0.4) is 0 Å². The summed E-state index contributed by atoms with van der Waals surface area (Å²) < 4.78 is 107. The second kappa shape index (κ2) is 37.1. The van der Waals surface area contributed by atoms with Crippen molar-refractivity contribution in [2.24, 2.45) is 5.92 Å². The first kappa shape index (κ1) is 87.2. The van der Waals surface area contributed by atoms with E-state index in [9.17, 15) is 31.9 Å². The number of amides is 3. The maximum atomic E-state index is 14.7. The van der Waals surface area contributed by atoms with Crippen molar-refractivity contribution in [2.75, 3.05) is 155 Å². The van der Waals surface area contributed by atoms with Gasteiger partial charge in [-0.1, -0.05) is 54.5 Å². The number of aromatic nitrogens is 15. The van der Waals surface area contributed by atoms with Crippen molar-refractivity contribution in [3.8, 4) is 52.9 Å². The minimum atomic E-state index is -1.09. The molecule has 3 N–H and O–H groups in total. The van der Waals surface area contributed by atoms with Crippen LogP contribution < -0.4 is 43.1 Å². The van der Waals surface area contributed by atoms with Crippen molar-refractivity contribution >= 4 is 135 Å². The molecule has 0 saturated carbocycles. The van der Waals surface area contributed by atoms with Crippen LogP contribution in [0.1, 0.15) is 20.8 Å². The first-order chi connectivity index (χ1) is 60.8. The number of fused-ring (bicyclic) bond motifs is 6. The number of likely N-dealkylation sites (N-methyl/N-ethyl adjacent to an activating group) is 3. The Hall–Kier alpha value is -12.2. The van der Waals surface area contributed by atoms with Crippen molar-refractivity contribution in [1.82, 2.24) is 105 Å². The average Bonchev–Trinajstić information content (AvgIpc) is 1.18. The van der Waals surface area contributed by atoms with E-state index in [0.29, 0.717) is 188 Å². The molecule has 3 aromatic carbocycles. The van der Waals surface area contributed by atoms with Gasteiger partial charge in [0, 0.05) is 174 Å². The Morgan fingerprint density at radius 2 is 0.786 bits per heavy atom. The van der Waals surface area contributed by atoms with Crippen LogP contribution in [0.25, 0.3) is 65.4 Å². The lowest BCUT2D eigenvalue weighted by Crippen LogP contribution is -2.54. The minimum absolute atomic E-state index is 0.0309. The second-order valence-corrected chi connectivity index (χ2v) is 32.6. The number of nitrogens with zero attached hydrogens (tertiary/aromatic N) is 21. The lowest BCUT2D eigenvalue weighted by molar-refractivity contribution is -0.129. The fourth-order valence-electron chi connectivity index (χ4n) is 16.6. The monoisotopic (exact) mass is 1790 g/mol. The van der Waals surface area contributed by atoms with Crippen molar-refractivity contribution in [3.05, 3.63) is 144 Å². The summed E-state index contributed by atoms with van der Waals surface area (Å²) in [4.78, 5) is 96.4. The van der Waals surface area contributed by atoms with E-state index in [1.54, 1.807) is 59.5 Å². The van der Waals surface area contributed by atoms with E-state index in [1.165, 1.54) is 68.1 Å². The summed E-state index contributed by atoms with van der Waals surface area (Å²) in [7, 11) is 9.18. The van der Waals surface area contributed by atoms with Crippen LogP contribution in [0.4, 0.5) is 35.0 Å². The Morgan fingerprint density at radius 3 is 1.13 bits per heavy atom. The zero-order chi connectivity index (χ0) is 88.6. The molecule has 126 heavy (non-hydrogen) atoms. The molecule has 3 amide bonds. The number of pyridine rings is 3. The molecule has 2 unspecified atom stereocenters. The van der Waals surface area contributed by atoms with Crippen LogP contribution in [-0.4, -0.2) is 311 Å².